The van der Waals surface area contributed by atoms with Gasteiger partial charge in [-0.15, -0.1) is 0 Å². The van der Waals surface area contributed by atoms with E-state index in [4.69, 9.17) is 22.1 Å². The smallest absolute Gasteiger partial charge is 0.319 e. The van der Waals surface area contributed by atoms with E-state index < -0.39 is 0 Å². The van der Waals surface area contributed by atoms with Gasteiger partial charge in [-0.1, -0.05) is 11.6 Å². The Bertz CT molecular complexity index is 445. The molecule has 0 saturated heterocycles. The minimum atomic E-state index is -0.244. The van der Waals surface area contributed by atoms with Crippen molar-refractivity contribution in [2.75, 3.05) is 18.5 Å². The van der Waals surface area contributed by atoms with Crippen LogP contribution < -0.4 is 16.4 Å². The summed E-state index contributed by atoms with van der Waals surface area (Å²) in [7, 11) is 0. The average molecular weight is 312 g/mol. The number of nitrogens with two attached hydrogens (primary N) is 1. The van der Waals surface area contributed by atoms with Gasteiger partial charge in [0.1, 0.15) is 0 Å². The number of hydrogen-bond acceptors (Lipinski definition) is 3. The Balaban J connectivity index is 1.58. The number of halogens is 1. The maximum atomic E-state index is 11.7. The molecule has 0 heterocycles. The first-order valence-corrected chi connectivity index (χ1v) is 7.69. The molecule has 1 fully saturated rings. The SMILES string of the molecule is NC1CCC(OCCNC(=O)Nc2ccc(Cl)cc2)CC1. The van der Waals surface area contributed by atoms with E-state index in [2.05, 4.69) is 10.6 Å². The first-order valence-electron chi connectivity index (χ1n) is 7.31. The van der Waals surface area contributed by atoms with Crippen LogP contribution in [0.2, 0.25) is 5.02 Å². The fraction of sp³-hybridized carbons (Fsp3) is 0.533. The lowest BCUT2D eigenvalue weighted by Gasteiger charge is -2.26. The normalized spacial score (nSPS) is 21.8. The fourth-order valence-electron chi connectivity index (χ4n) is 2.35. The number of benzene rings is 1. The molecule has 1 aliphatic rings. The van der Waals surface area contributed by atoms with Crippen molar-refractivity contribution in [1.82, 2.24) is 5.32 Å². The summed E-state index contributed by atoms with van der Waals surface area (Å²) in [6.07, 6.45) is 4.35. The van der Waals surface area contributed by atoms with Crippen LogP contribution in [0.4, 0.5) is 10.5 Å². The van der Waals surface area contributed by atoms with Crippen LogP contribution in [-0.4, -0.2) is 31.3 Å². The molecule has 0 atom stereocenters. The molecule has 5 nitrogen and oxygen atoms in total. The van der Waals surface area contributed by atoms with E-state index in [1.165, 1.54) is 0 Å². The van der Waals surface area contributed by atoms with Gasteiger partial charge in [-0.3, -0.25) is 0 Å². The molecule has 0 radical (unpaired) electrons. The molecule has 2 amide bonds. The number of carbonyl (C=O) groups excluding carboxylic acids is 1. The van der Waals surface area contributed by atoms with E-state index in [0.29, 0.717) is 29.9 Å². The predicted molar refractivity (Wildman–Crippen MR) is 84.7 cm³/mol. The average Bonchev–Trinajstić information content (AvgIpc) is 2.48. The van der Waals surface area contributed by atoms with Crippen LogP contribution in [0.1, 0.15) is 25.7 Å². The van der Waals surface area contributed by atoms with Crippen molar-refractivity contribution in [2.24, 2.45) is 5.73 Å². The summed E-state index contributed by atoms with van der Waals surface area (Å²) in [4.78, 5) is 11.7. The number of anilines is 1. The number of ether oxygens (including phenoxy) is 1. The molecule has 21 heavy (non-hydrogen) atoms. The van der Waals surface area contributed by atoms with Crippen LogP contribution in [0, 0.1) is 0 Å². The van der Waals surface area contributed by atoms with Gasteiger partial charge in [0.15, 0.2) is 0 Å². The highest BCUT2D eigenvalue weighted by Crippen LogP contribution is 2.19. The van der Waals surface area contributed by atoms with Gasteiger partial charge < -0.3 is 21.1 Å². The van der Waals surface area contributed by atoms with Crippen molar-refractivity contribution in [2.45, 2.75) is 37.8 Å². The van der Waals surface area contributed by atoms with Gasteiger partial charge in [-0.05, 0) is 49.9 Å². The van der Waals surface area contributed by atoms with Crippen LogP contribution in [0.25, 0.3) is 0 Å². The van der Waals surface area contributed by atoms with Crippen molar-refractivity contribution < 1.29 is 9.53 Å². The molecule has 0 aromatic heterocycles. The Kier molecular flexibility index (Phi) is 6.29. The zero-order chi connectivity index (χ0) is 15.1. The zero-order valence-corrected chi connectivity index (χ0v) is 12.7. The second-order valence-corrected chi connectivity index (χ2v) is 5.73. The summed E-state index contributed by atoms with van der Waals surface area (Å²) < 4.78 is 5.73. The quantitative estimate of drug-likeness (QED) is 0.732. The summed E-state index contributed by atoms with van der Waals surface area (Å²) in [6.45, 7) is 1.01. The van der Waals surface area contributed by atoms with Gasteiger partial charge in [-0.2, -0.15) is 0 Å². The lowest BCUT2D eigenvalue weighted by molar-refractivity contribution is 0.0280. The van der Waals surface area contributed by atoms with E-state index in [1.54, 1.807) is 24.3 Å². The summed E-state index contributed by atoms with van der Waals surface area (Å²) >= 11 is 5.78. The summed E-state index contributed by atoms with van der Waals surface area (Å²) in [6, 6.07) is 7.05. The predicted octanol–water partition coefficient (Wildman–Crippen LogP) is 2.75. The van der Waals surface area contributed by atoms with Gasteiger partial charge in [0.2, 0.25) is 0 Å². The standard InChI is InChI=1S/C15H22ClN3O2/c16-11-1-5-13(6-2-11)19-15(20)18-9-10-21-14-7-3-12(17)4-8-14/h1-2,5-6,12,14H,3-4,7-10,17H2,(H2,18,19,20). The lowest BCUT2D eigenvalue weighted by atomic mass is 9.94. The van der Waals surface area contributed by atoms with E-state index in [1.807, 2.05) is 0 Å². The third kappa shape index (κ3) is 5.91. The topological polar surface area (TPSA) is 76.4 Å². The minimum absolute atomic E-state index is 0.244. The number of amides is 2. The second-order valence-electron chi connectivity index (χ2n) is 5.30. The fourth-order valence-corrected chi connectivity index (χ4v) is 2.48. The third-order valence-corrected chi connectivity index (χ3v) is 3.81. The van der Waals surface area contributed by atoms with Crippen molar-refractivity contribution in [3.8, 4) is 0 Å². The van der Waals surface area contributed by atoms with E-state index in [9.17, 15) is 4.79 Å². The molecule has 0 unspecified atom stereocenters. The Morgan fingerprint density at radius 2 is 1.90 bits per heavy atom. The van der Waals surface area contributed by atoms with Crippen LogP contribution in [-0.2, 0) is 4.74 Å². The molecule has 116 valence electrons. The summed E-state index contributed by atoms with van der Waals surface area (Å²) in [5.74, 6) is 0. The molecule has 6 heteroatoms. The largest absolute Gasteiger partial charge is 0.376 e. The zero-order valence-electron chi connectivity index (χ0n) is 12.0. The Labute approximate surface area is 130 Å². The van der Waals surface area contributed by atoms with Crippen LogP contribution in [0.3, 0.4) is 0 Å². The molecular formula is C15H22ClN3O2. The molecule has 0 spiro atoms. The van der Waals surface area contributed by atoms with Crippen molar-refractivity contribution in [1.29, 1.82) is 0 Å². The van der Waals surface area contributed by atoms with Crippen molar-refractivity contribution in [3.63, 3.8) is 0 Å². The molecule has 2 rings (SSSR count). The number of nitrogens with one attached hydrogen (secondary N) is 2. The number of urea groups is 1. The molecule has 1 aromatic carbocycles. The monoisotopic (exact) mass is 311 g/mol. The number of hydrogen-bond donors (Lipinski definition) is 3. The molecule has 0 bridgehead atoms. The van der Waals surface area contributed by atoms with Crippen LogP contribution in [0.15, 0.2) is 24.3 Å². The molecule has 1 aliphatic carbocycles. The lowest BCUT2D eigenvalue weighted by Crippen LogP contribution is -2.34. The maximum Gasteiger partial charge on any atom is 0.319 e. The molecule has 1 saturated carbocycles. The third-order valence-electron chi connectivity index (χ3n) is 3.56. The van der Waals surface area contributed by atoms with E-state index in [0.717, 1.165) is 25.7 Å². The summed E-state index contributed by atoms with van der Waals surface area (Å²) in [5.41, 5.74) is 6.55. The Morgan fingerprint density at radius 3 is 2.57 bits per heavy atom. The van der Waals surface area contributed by atoms with Gasteiger partial charge >= 0.3 is 6.03 Å². The first kappa shape index (κ1) is 16.1. The number of carbonyl (C=O) groups is 1. The Hall–Kier alpha value is -1.30. The summed E-state index contributed by atoms with van der Waals surface area (Å²) in [5, 5.41) is 6.13. The second kappa shape index (κ2) is 8.22. The number of rotatable bonds is 5. The molecule has 0 aliphatic heterocycles. The van der Waals surface area contributed by atoms with Gasteiger partial charge in [0, 0.05) is 23.3 Å². The van der Waals surface area contributed by atoms with E-state index >= 15 is 0 Å². The van der Waals surface area contributed by atoms with Crippen LogP contribution in [0.5, 0.6) is 0 Å². The first-order chi connectivity index (χ1) is 10.1. The highest BCUT2D eigenvalue weighted by atomic mass is 35.5. The minimum Gasteiger partial charge on any atom is -0.376 e. The Morgan fingerprint density at radius 1 is 1.24 bits per heavy atom. The van der Waals surface area contributed by atoms with Gasteiger partial charge in [0.05, 0.1) is 12.7 Å². The van der Waals surface area contributed by atoms with Gasteiger partial charge in [-0.25, -0.2) is 4.79 Å². The van der Waals surface area contributed by atoms with Crippen molar-refractivity contribution in [3.05, 3.63) is 29.3 Å². The molecule has 4 N–H and O–H groups in total. The molecule has 1 aromatic rings. The maximum absolute atomic E-state index is 11.7. The highest BCUT2D eigenvalue weighted by molar-refractivity contribution is 6.30. The highest BCUT2D eigenvalue weighted by Gasteiger charge is 2.18. The molecular weight excluding hydrogens is 290 g/mol. The van der Waals surface area contributed by atoms with Gasteiger partial charge in [0.25, 0.3) is 0 Å². The van der Waals surface area contributed by atoms with Crippen LogP contribution >= 0.6 is 11.6 Å². The van der Waals surface area contributed by atoms with E-state index in [-0.39, 0.29) is 12.1 Å². The van der Waals surface area contributed by atoms with Crippen molar-refractivity contribution >= 4 is 23.3 Å².